The van der Waals surface area contributed by atoms with Gasteiger partial charge in [-0.1, -0.05) is 43.6 Å². The van der Waals surface area contributed by atoms with Crippen molar-refractivity contribution in [2.24, 2.45) is 5.92 Å². The monoisotopic (exact) mass is 270 g/mol. The Morgan fingerprint density at radius 2 is 1.65 bits per heavy atom. The molecule has 106 valence electrons. The van der Waals surface area contributed by atoms with Gasteiger partial charge in [-0.3, -0.25) is 4.79 Å². The number of allylic oxidation sites excluding steroid dienone is 4. The minimum Gasteiger partial charge on any atom is -0.494 e. The van der Waals surface area contributed by atoms with Crippen LogP contribution in [0.3, 0.4) is 0 Å². The van der Waals surface area contributed by atoms with Crippen LogP contribution in [0.1, 0.15) is 42.5 Å². The molecule has 1 aromatic carbocycles. The maximum Gasteiger partial charge on any atom is 0.150 e. The first-order valence-corrected chi connectivity index (χ1v) is 7.41. The van der Waals surface area contributed by atoms with Crippen LogP contribution in [0.4, 0.5) is 0 Å². The summed E-state index contributed by atoms with van der Waals surface area (Å²) in [7, 11) is 0. The quantitative estimate of drug-likeness (QED) is 0.485. The van der Waals surface area contributed by atoms with Crippen molar-refractivity contribution in [3.8, 4) is 5.75 Å². The molecule has 2 rings (SSSR count). The van der Waals surface area contributed by atoms with Crippen molar-refractivity contribution in [2.45, 2.75) is 32.1 Å². The van der Waals surface area contributed by atoms with Gasteiger partial charge in [-0.05, 0) is 43.0 Å². The van der Waals surface area contributed by atoms with Gasteiger partial charge in [0.2, 0.25) is 0 Å². The number of ether oxygens (including phenoxy) is 1. The molecule has 2 heteroatoms. The molecule has 1 aliphatic rings. The second-order valence-corrected chi connectivity index (χ2v) is 5.17. The highest BCUT2D eigenvalue weighted by Crippen LogP contribution is 2.17. The van der Waals surface area contributed by atoms with Crippen LogP contribution in [0.15, 0.2) is 48.6 Å². The van der Waals surface area contributed by atoms with Gasteiger partial charge >= 0.3 is 0 Å². The third-order valence-corrected chi connectivity index (χ3v) is 3.54. The number of hydrogen-bond acceptors (Lipinski definition) is 2. The predicted octanol–water partition coefficient (Wildman–Crippen LogP) is 4.57. The average Bonchev–Trinajstić information content (AvgIpc) is 3.00. The Bertz CT molecular complexity index is 445. The Labute approximate surface area is 121 Å². The van der Waals surface area contributed by atoms with Crippen LogP contribution in [-0.4, -0.2) is 12.9 Å². The Morgan fingerprint density at radius 3 is 2.35 bits per heavy atom. The largest absolute Gasteiger partial charge is 0.494 e. The molecule has 20 heavy (non-hydrogen) atoms. The average molecular weight is 270 g/mol. The van der Waals surface area contributed by atoms with Gasteiger partial charge in [-0.15, -0.1) is 0 Å². The van der Waals surface area contributed by atoms with E-state index in [1.165, 1.54) is 25.7 Å². The number of hydrogen-bond donors (Lipinski definition) is 0. The van der Waals surface area contributed by atoms with Crippen molar-refractivity contribution >= 4 is 6.29 Å². The Kier molecular flexibility index (Phi) is 6.09. The van der Waals surface area contributed by atoms with Gasteiger partial charge in [0.05, 0.1) is 6.61 Å². The minimum absolute atomic E-state index is 0.669. The molecular weight excluding hydrogens is 248 g/mol. The third-order valence-electron chi connectivity index (χ3n) is 3.54. The summed E-state index contributed by atoms with van der Waals surface area (Å²) in [5, 5.41) is 0. The van der Waals surface area contributed by atoms with Crippen LogP contribution in [0.5, 0.6) is 5.75 Å². The molecule has 1 aliphatic carbocycles. The van der Waals surface area contributed by atoms with E-state index in [0.29, 0.717) is 11.5 Å². The van der Waals surface area contributed by atoms with Gasteiger partial charge in [-0.25, -0.2) is 0 Å². The van der Waals surface area contributed by atoms with E-state index in [1.807, 2.05) is 12.1 Å². The molecule has 0 fully saturated rings. The summed E-state index contributed by atoms with van der Waals surface area (Å²) in [4.78, 5) is 10.5. The fraction of sp³-hybridized carbons (Fsp3) is 0.389. The standard InChI is InChI=1S/C18H22O2/c19-15-17-10-12-18(13-11-17)20-14-6-2-1-3-7-16-8-4-5-9-16/h4-5,8-13,15-16H,1-3,6-7,14H2. The number of carbonyl (C=O) groups excluding carboxylic acids is 1. The molecule has 1 aromatic rings. The summed E-state index contributed by atoms with van der Waals surface area (Å²) in [5.41, 5.74) is 0.687. The van der Waals surface area contributed by atoms with Crippen LogP contribution in [0.2, 0.25) is 0 Å². The van der Waals surface area contributed by atoms with E-state index in [9.17, 15) is 4.79 Å². The topological polar surface area (TPSA) is 26.3 Å². The van der Waals surface area contributed by atoms with Gasteiger partial charge in [0.15, 0.2) is 0 Å². The highest BCUT2D eigenvalue weighted by Gasteiger charge is 2.02. The smallest absolute Gasteiger partial charge is 0.150 e. The van der Waals surface area contributed by atoms with Crippen LogP contribution < -0.4 is 4.74 Å². The SMILES string of the molecule is O=Cc1ccc(OCCCCCCC2C=CC=C2)cc1. The Morgan fingerprint density at radius 1 is 0.950 bits per heavy atom. The zero-order valence-corrected chi connectivity index (χ0v) is 11.8. The molecular formula is C18H22O2. The van der Waals surface area contributed by atoms with Gasteiger partial charge in [0.25, 0.3) is 0 Å². The van der Waals surface area contributed by atoms with Gasteiger partial charge in [0.1, 0.15) is 12.0 Å². The predicted molar refractivity (Wildman–Crippen MR) is 82.2 cm³/mol. The molecule has 0 aliphatic heterocycles. The summed E-state index contributed by atoms with van der Waals surface area (Å²) >= 11 is 0. The summed E-state index contributed by atoms with van der Waals surface area (Å²) in [6, 6.07) is 7.26. The molecule has 0 bridgehead atoms. The van der Waals surface area contributed by atoms with Gasteiger partial charge < -0.3 is 4.74 Å². The van der Waals surface area contributed by atoms with E-state index in [1.54, 1.807) is 12.1 Å². The van der Waals surface area contributed by atoms with Crippen molar-refractivity contribution in [3.63, 3.8) is 0 Å². The molecule has 2 nitrogen and oxygen atoms in total. The minimum atomic E-state index is 0.669. The molecule has 0 N–H and O–H groups in total. The molecule has 0 amide bonds. The van der Waals surface area contributed by atoms with E-state index in [2.05, 4.69) is 24.3 Å². The second kappa shape index (κ2) is 8.36. The molecule has 0 saturated carbocycles. The lowest BCUT2D eigenvalue weighted by Crippen LogP contribution is -1.97. The fourth-order valence-corrected chi connectivity index (χ4v) is 2.34. The lowest BCUT2D eigenvalue weighted by atomic mass is 10.0. The molecule has 0 unspecified atom stereocenters. The zero-order valence-electron chi connectivity index (χ0n) is 11.8. The van der Waals surface area contributed by atoms with Crippen molar-refractivity contribution in [1.29, 1.82) is 0 Å². The lowest BCUT2D eigenvalue weighted by Gasteiger charge is -2.07. The maximum absolute atomic E-state index is 10.5. The molecule has 0 radical (unpaired) electrons. The summed E-state index contributed by atoms with van der Waals surface area (Å²) < 4.78 is 5.65. The van der Waals surface area contributed by atoms with Crippen molar-refractivity contribution in [3.05, 3.63) is 54.1 Å². The van der Waals surface area contributed by atoms with Gasteiger partial charge in [0, 0.05) is 5.56 Å². The molecule has 0 saturated heterocycles. The zero-order chi connectivity index (χ0) is 14.0. The van der Waals surface area contributed by atoms with Crippen LogP contribution in [0, 0.1) is 5.92 Å². The lowest BCUT2D eigenvalue weighted by molar-refractivity contribution is 0.112. The first-order valence-electron chi connectivity index (χ1n) is 7.41. The summed E-state index contributed by atoms with van der Waals surface area (Å²) in [5.74, 6) is 1.51. The van der Waals surface area contributed by atoms with E-state index in [-0.39, 0.29) is 0 Å². The number of carbonyl (C=O) groups is 1. The van der Waals surface area contributed by atoms with Crippen LogP contribution in [-0.2, 0) is 0 Å². The van der Waals surface area contributed by atoms with E-state index >= 15 is 0 Å². The van der Waals surface area contributed by atoms with Crippen molar-refractivity contribution in [2.75, 3.05) is 6.61 Å². The summed E-state index contributed by atoms with van der Waals surface area (Å²) in [6.07, 6.45) is 15.8. The highest BCUT2D eigenvalue weighted by atomic mass is 16.5. The molecule has 0 spiro atoms. The number of aldehydes is 1. The number of unbranched alkanes of at least 4 members (excludes halogenated alkanes) is 3. The molecule has 0 heterocycles. The third kappa shape index (κ3) is 5.04. The normalized spacial score (nSPS) is 13.8. The highest BCUT2D eigenvalue weighted by molar-refractivity contribution is 5.74. The van der Waals surface area contributed by atoms with E-state index < -0.39 is 0 Å². The van der Waals surface area contributed by atoms with Crippen molar-refractivity contribution < 1.29 is 9.53 Å². The van der Waals surface area contributed by atoms with E-state index in [0.717, 1.165) is 25.1 Å². The van der Waals surface area contributed by atoms with Gasteiger partial charge in [-0.2, -0.15) is 0 Å². The Balaban J connectivity index is 1.49. The maximum atomic E-state index is 10.5. The van der Waals surface area contributed by atoms with Crippen LogP contribution >= 0.6 is 0 Å². The Hall–Kier alpha value is -1.83. The summed E-state index contributed by atoms with van der Waals surface area (Å²) in [6.45, 7) is 0.754. The van der Waals surface area contributed by atoms with Crippen LogP contribution in [0.25, 0.3) is 0 Å². The second-order valence-electron chi connectivity index (χ2n) is 5.17. The van der Waals surface area contributed by atoms with E-state index in [4.69, 9.17) is 4.74 Å². The number of benzene rings is 1. The first kappa shape index (κ1) is 14.6. The first-order chi connectivity index (χ1) is 9.88. The fourth-order valence-electron chi connectivity index (χ4n) is 2.34. The molecule has 0 atom stereocenters. The number of rotatable bonds is 9. The van der Waals surface area contributed by atoms with Crippen molar-refractivity contribution in [1.82, 2.24) is 0 Å². The molecule has 0 aromatic heterocycles.